The van der Waals surface area contributed by atoms with Crippen molar-refractivity contribution in [2.45, 2.75) is 44.7 Å². The van der Waals surface area contributed by atoms with Gasteiger partial charge in [-0.1, -0.05) is 0 Å². The number of nitrogens with one attached hydrogen (secondary N) is 1. The van der Waals surface area contributed by atoms with Crippen molar-refractivity contribution in [2.24, 2.45) is 5.92 Å². The van der Waals surface area contributed by atoms with Gasteiger partial charge in [0.15, 0.2) is 0 Å². The van der Waals surface area contributed by atoms with Gasteiger partial charge >= 0.3 is 0 Å². The smallest absolute Gasteiger partial charge is 0.274 e. The molecule has 1 aliphatic heterocycles. The second kappa shape index (κ2) is 7.81. The number of fused-ring (bicyclic) bond motifs is 1. The molecule has 0 spiro atoms. The lowest BCUT2D eigenvalue weighted by molar-refractivity contribution is 0.0435. The molecule has 3 rings (SSSR count). The van der Waals surface area contributed by atoms with E-state index in [2.05, 4.69) is 23.9 Å². The topological polar surface area (TPSA) is 55.8 Å². The fraction of sp³-hybridized carbons (Fsp3) is 0.632. The van der Waals surface area contributed by atoms with Gasteiger partial charge in [0.1, 0.15) is 5.82 Å². The van der Waals surface area contributed by atoms with E-state index < -0.39 is 5.91 Å². The first-order valence-electron chi connectivity index (χ1n) is 9.14. The first-order valence-corrected chi connectivity index (χ1v) is 9.14. The van der Waals surface area contributed by atoms with E-state index in [0.717, 1.165) is 31.0 Å². The number of benzene rings is 1. The number of halogens is 1. The lowest BCUT2D eigenvalue weighted by Crippen LogP contribution is -2.49. The summed E-state index contributed by atoms with van der Waals surface area (Å²) in [6, 6.07) is 3.50. The van der Waals surface area contributed by atoms with E-state index in [1.165, 1.54) is 31.7 Å². The van der Waals surface area contributed by atoms with E-state index in [4.69, 9.17) is 5.21 Å². The molecule has 2 N–H and O–H groups in total. The molecule has 1 unspecified atom stereocenters. The van der Waals surface area contributed by atoms with E-state index in [0.29, 0.717) is 18.2 Å². The lowest BCUT2D eigenvalue weighted by Gasteiger charge is -2.46. The second-order valence-corrected chi connectivity index (χ2v) is 7.61. The Hall–Kier alpha value is -1.50. The molecule has 0 bridgehead atoms. The summed E-state index contributed by atoms with van der Waals surface area (Å²) < 4.78 is 14.5. The summed E-state index contributed by atoms with van der Waals surface area (Å²) >= 11 is 0. The molecular weight excluding hydrogens is 321 g/mol. The van der Waals surface area contributed by atoms with E-state index in [9.17, 15) is 9.18 Å². The predicted octanol–water partition coefficient (Wildman–Crippen LogP) is 2.42. The zero-order chi connectivity index (χ0) is 18.0. The normalized spacial score (nSPS) is 23.2. The van der Waals surface area contributed by atoms with Gasteiger partial charge in [-0.2, -0.15) is 0 Å². The third kappa shape index (κ3) is 4.02. The Labute approximate surface area is 148 Å². The third-order valence-electron chi connectivity index (χ3n) is 5.71. The van der Waals surface area contributed by atoms with Gasteiger partial charge < -0.3 is 4.90 Å². The van der Waals surface area contributed by atoms with Crippen LogP contribution in [0.2, 0.25) is 0 Å². The molecule has 138 valence electrons. The maximum Gasteiger partial charge on any atom is 0.274 e. The Morgan fingerprint density at radius 2 is 2.20 bits per heavy atom. The first kappa shape index (κ1) is 18.3. The van der Waals surface area contributed by atoms with E-state index in [1.54, 1.807) is 11.5 Å². The highest BCUT2D eigenvalue weighted by Crippen LogP contribution is 2.38. The van der Waals surface area contributed by atoms with Crippen molar-refractivity contribution in [3.05, 3.63) is 34.6 Å². The van der Waals surface area contributed by atoms with Crippen molar-refractivity contribution >= 4 is 5.91 Å². The highest BCUT2D eigenvalue weighted by Gasteiger charge is 2.36. The average Bonchev–Trinajstić information content (AvgIpc) is 2.57. The number of nitrogens with zero attached hydrogens (tertiary/aromatic N) is 2. The van der Waals surface area contributed by atoms with Crippen molar-refractivity contribution in [1.82, 2.24) is 15.3 Å². The van der Waals surface area contributed by atoms with Crippen LogP contribution in [0.5, 0.6) is 0 Å². The van der Waals surface area contributed by atoms with E-state index in [-0.39, 0.29) is 11.4 Å². The molecule has 2 aliphatic rings. The van der Waals surface area contributed by atoms with Crippen molar-refractivity contribution in [3.8, 4) is 0 Å². The first-order chi connectivity index (χ1) is 12.0. The Bertz CT molecular complexity index is 635. The molecule has 1 aromatic rings. The summed E-state index contributed by atoms with van der Waals surface area (Å²) in [5.41, 5.74) is 3.35. The molecule has 25 heavy (non-hydrogen) atoms. The number of rotatable bonds is 6. The zero-order valence-corrected chi connectivity index (χ0v) is 15.1. The molecule has 1 aromatic carbocycles. The van der Waals surface area contributed by atoms with Gasteiger partial charge in [0, 0.05) is 30.3 Å². The Morgan fingerprint density at radius 1 is 1.40 bits per heavy atom. The van der Waals surface area contributed by atoms with Crippen LogP contribution in [0.1, 0.15) is 47.2 Å². The molecule has 1 saturated carbocycles. The van der Waals surface area contributed by atoms with Gasteiger partial charge in [0.25, 0.3) is 5.91 Å². The van der Waals surface area contributed by atoms with Crippen LogP contribution in [-0.4, -0.2) is 54.1 Å². The summed E-state index contributed by atoms with van der Waals surface area (Å²) in [7, 11) is 4.21. The van der Waals surface area contributed by atoms with Crippen LogP contribution < -0.4 is 5.48 Å². The summed E-state index contributed by atoms with van der Waals surface area (Å²) in [4.78, 5) is 16.2. The SMILES string of the molecule is CN(C)CCCC1CC[C@@H]1N1CCc2cc(C(=O)NO)cc(F)c2C1. The lowest BCUT2D eigenvalue weighted by atomic mass is 9.75. The molecule has 1 heterocycles. The second-order valence-electron chi connectivity index (χ2n) is 7.61. The quantitative estimate of drug-likeness (QED) is 0.612. The number of carbonyl (C=O) groups is 1. The van der Waals surface area contributed by atoms with Gasteiger partial charge in [0.05, 0.1) is 0 Å². The summed E-state index contributed by atoms with van der Waals surface area (Å²) in [5.74, 6) is -0.280. The van der Waals surface area contributed by atoms with Gasteiger partial charge in [-0.05, 0) is 76.4 Å². The van der Waals surface area contributed by atoms with Crippen LogP contribution in [0, 0.1) is 11.7 Å². The van der Waals surface area contributed by atoms with Gasteiger partial charge in [0.2, 0.25) is 0 Å². The van der Waals surface area contributed by atoms with Gasteiger partial charge in [-0.25, -0.2) is 9.87 Å². The number of amides is 1. The molecule has 0 aromatic heterocycles. The number of carbonyl (C=O) groups excluding carboxylic acids is 1. The predicted molar refractivity (Wildman–Crippen MR) is 94.1 cm³/mol. The summed E-state index contributed by atoms with van der Waals surface area (Å²) in [6.45, 7) is 2.65. The molecule has 0 radical (unpaired) electrons. The van der Waals surface area contributed by atoms with E-state index in [1.807, 2.05) is 0 Å². The minimum atomic E-state index is -0.663. The molecular formula is C19H28FN3O2. The van der Waals surface area contributed by atoms with Crippen molar-refractivity contribution in [3.63, 3.8) is 0 Å². The largest absolute Gasteiger partial charge is 0.309 e. The fourth-order valence-corrected chi connectivity index (χ4v) is 4.16. The molecule has 5 nitrogen and oxygen atoms in total. The average molecular weight is 349 g/mol. The summed E-state index contributed by atoms with van der Waals surface area (Å²) in [5, 5.41) is 8.74. The van der Waals surface area contributed by atoms with Gasteiger partial charge in [-0.15, -0.1) is 0 Å². The molecule has 6 heteroatoms. The molecule has 1 aliphatic carbocycles. The van der Waals surface area contributed by atoms with Crippen molar-refractivity contribution < 1.29 is 14.4 Å². The number of hydroxylamine groups is 1. The summed E-state index contributed by atoms with van der Waals surface area (Å²) in [6.07, 6.45) is 5.69. The van der Waals surface area contributed by atoms with Crippen molar-refractivity contribution in [1.29, 1.82) is 0 Å². The third-order valence-corrected chi connectivity index (χ3v) is 5.71. The molecule has 1 amide bonds. The highest BCUT2D eigenvalue weighted by atomic mass is 19.1. The maximum absolute atomic E-state index is 14.5. The minimum absolute atomic E-state index is 0.178. The standard InChI is InChI=1S/C19H28FN3O2/c1-22(2)8-3-4-13-5-6-18(13)23-9-7-14-10-15(19(24)21-25)11-17(20)16(14)12-23/h10-11,13,18,25H,3-9,12H2,1-2H3,(H,21,24)/t13?,18-/m0/s1. The van der Waals surface area contributed by atoms with Crippen LogP contribution in [0.25, 0.3) is 0 Å². The van der Waals surface area contributed by atoms with E-state index >= 15 is 0 Å². The van der Waals surface area contributed by atoms with Crippen LogP contribution >= 0.6 is 0 Å². The fourth-order valence-electron chi connectivity index (χ4n) is 4.16. The van der Waals surface area contributed by atoms with Crippen LogP contribution in [0.4, 0.5) is 4.39 Å². The Balaban J connectivity index is 1.64. The molecule has 1 fully saturated rings. The number of hydrogen-bond donors (Lipinski definition) is 2. The highest BCUT2D eigenvalue weighted by molar-refractivity contribution is 5.93. The minimum Gasteiger partial charge on any atom is -0.309 e. The van der Waals surface area contributed by atoms with Crippen molar-refractivity contribution in [2.75, 3.05) is 27.2 Å². The maximum atomic E-state index is 14.5. The van der Waals surface area contributed by atoms with Crippen LogP contribution in [0.15, 0.2) is 12.1 Å². The monoisotopic (exact) mass is 349 g/mol. The molecule has 0 saturated heterocycles. The van der Waals surface area contributed by atoms with Gasteiger partial charge in [-0.3, -0.25) is 14.9 Å². The molecule has 2 atom stereocenters. The van der Waals surface area contributed by atoms with Crippen LogP contribution in [0.3, 0.4) is 0 Å². The zero-order valence-electron chi connectivity index (χ0n) is 15.1. The number of hydrogen-bond acceptors (Lipinski definition) is 4. The Kier molecular flexibility index (Phi) is 5.71. The Morgan fingerprint density at radius 3 is 2.84 bits per heavy atom. The van der Waals surface area contributed by atoms with Crippen LogP contribution in [-0.2, 0) is 13.0 Å².